The monoisotopic (exact) mass is 479 g/mol. The van der Waals surface area contributed by atoms with E-state index in [4.69, 9.17) is 5.73 Å². The molecular weight excluding hydrogens is 446 g/mol. The summed E-state index contributed by atoms with van der Waals surface area (Å²) < 4.78 is 0. The summed E-state index contributed by atoms with van der Waals surface area (Å²) in [5, 5.41) is 6.93. The topological polar surface area (TPSA) is 82.8 Å². The van der Waals surface area contributed by atoms with Gasteiger partial charge in [-0.3, -0.25) is 9.79 Å². The van der Waals surface area contributed by atoms with Crippen LogP contribution < -0.4 is 16.4 Å². The number of carbonyl (C=O) groups excluding carboxylic acids is 1. The molecule has 0 radical (unpaired) electrons. The predicted molar refractivity (Wildman–Crippen MR) is 146 cm³/mol. The van der Waals surface area contributed by atoms with E-state index in [2.05, 4.69) is 64.2 Å². The summed E-state index contributed by atoms with van der Waals surface area (Å²) >= 11 is 0. The maximum Gasteiger partial charge on any atom is 0.256 e. The number of amides is 1. The normalized spacial score (nSPS) is 18.9. The third-order valence-electron chi connectivity index (χ3n) is 7.32. The van der Waals surface area contributed by atoms with Gasteiger partial charge >= 0.3 is 0 Å². The number of carbonyl (C=O) groups is 1. The van der Waals surface area contributed by atoms with Gasteiger partial charge in [0.25, 0.3) is 5.91 Å². The molecule has 1 unspecified atom stereocenters. The lowest BCUT2D eigenvalue weighted by Crippen LogP contribution is -2.57. The van der Waals surface area contributed by atoms with Crippen LogP contribution in [0.5, 0.6) is 0 Å². The molecule has 2 aliphatic rings. The Labute approximate surface area is 212 Å². The Balaban J connectivity index is 1.24. The van der Waals surface area contributed by atoms with E-state index in [9.17, 15) is 4.79 Å². The van der Waals surface area contributed by atoms with Crippen molar-refractivity contribution in [2.75, 3.05) is 31.5 Å². The first-order chi connectivity index (χ1) is 17.7. The quantitative estimate of drug-likeness (QED) is 0.338. The van der Waals surface area contributed by atoms with Crippen molar-refractivity contribution in [3.05, 3.63) is 113 Å². The highest BCUT2D eigenvalue weighted by molar-refractivity contribution is 6.12. The first-order valence-corrected chi connectivity index (χ1v) is 12.5. The molecule has 184 valence electrons. The van der Waals surface area contributed by atoms with Crippen molar-refractivity contribution in [2.24, 2.45) is 16.1 Å². The molecule has 0 bridgehead atoms. The minimum atomic E-state index is -0.0516. The number of aliphatic imine (C=N–C) groups is 1. The summed E-state index contributed by atoms with van der Waals surface area (Å²) in [6.45, 7) is 4.55. The van der Waals surface area contributed by atoms with Gasteiger partial charge in [-0.1, -0.05) is 72.8 Å². The molecule has 1 atom stereocenters. The van der Waals surface area contributed by atoms with Crippen LogP contribution in [0.25, 0.3) is 0 Å². The zero-order chi connectivity index (χ0) is 24.8. The van der Waals surface area contributed by atoms with E-state index >= 15 is 0 Å². The van der Waals surface area contributed by atoms with Crippen LogP contribution in [0.15, 0.2) is 102 Å². The van der Waals surface area contributed by atoms with Gasteiger partial charge in [-0.05, 0) is 28.8 Å². The highest BCUT2D eigenvalue weighted by Gasteiger charge is 2.52. The molecule has 6 heteroatoms. The number of rotatable bonds is 8. The van der Waals surface area contributed by atoms with Crippen LogP contribution in [0.1, 0.15) is 22.6 Å². The number of hydrogen-bond donors (Lipinski definition) is 3. The van der Waals surface area contributed by atoms with E-state index in [1.165, 1.54) is 17.3 Å². The van der Waals surface area contributed by atoms with E-state index in [0.717, 1.165) is 37.4 Å². The Morgan fingerprint density at radius 2 is 1.67 bits per heavy atom. The number of nitrogens with zero attached hydrogens (tertiary/aromatic N) is 2. The van der Waals surface area contributed by atoms with E-state index in [-0.39, 0.29) is 17.2 Å². The average molecular weight is 480 g/mol. The lowest BCUT2D eigenvalue weighted by atomic mass is 9.70. The van der Waals surface area contributed by atoms with Gasteiger partial charge in [0, 0.05) is 62.2 Å². The molecule has 0 aromatic heterocycles. The van der Waals surface area contributed by atoms with Crippen molar-refractivity contribution in [1.29, 1.82) is 0 Å². The number of nitrogens with two attached hydrogens (primary N) is 1. The number of anilines is 1. The molecule has 0 aliphatic carbocycles. The van der Waals surface area contributed by atoms with E-state index in [1.54, 1.807) is 6.21 Å². The zero-order valence-corrected chi connectivity index (χ0v) is 20.4. The Bertz CT molecular complexity index is 1220. The van der Waals surface area contributed by atoms with Crippen LogP contribution in [0.2, 0.25) is 0 Å². The lowest BCUT2D eigenvalue weighted by Gasteiger charge is -2.43. The zero-order valence-electron chi connectivity index (χ0n) is 20.4. The second kappa shape index (κ2) is 10.8. The maximum absolute atomic E-state index is 13.4. The standard InChI is InChI=1S/C30H33N5O/c31-15-26(18-32-16-23-7-3-1-4-8-23)29(36)35-19-28(30(22-35)20-33-21-30)25-11-13-27(14-12-25)34-17-24-9-5-2-6-10-24/h1-15,18,28,33-34H,16-17,19-22,31H2/b26-15+,32-18?. The molecule has 0 saturated carbocycles. The van der Waals surface area contributed by atoms with E-state index in [0.29, 0.717) is 18.7 Å². The number of likely N-dealkylation sites (tertiary alicyclic amines) is 1. The number of hydrogen-bond acceptors (Lipinski definition) is 5. The van der Waals surface area contributed by atoms with Crippen LogP contribution in [-0.2, 0) is 17.9 Å². The third-order valence-corrected chi connectivity index (χ3v) is 7.32. The predicted octanol–water partition coefficient (Wildman–Crippen LogP) is 3.93. The van der Waals surface area contributed by atoms with Crippen LogP contribution in [0, 0.1) is 5.41 Å². The van der Waals surface area contributed by atoms with Gasteiger partial charge in [0.15, 0.2) is 0 Å². The van der Waals surface area contributed by atoms with Gasteiger partial charge in [-0.15, -0.1) is 0 Å². The van der Waals surface area contributed by atoms with Gasteiger partial charge in [0.05, 0.1) is 12.1 Å². The van der Waals surface area contributed by atoms with Gasteiger partial charge in [0.1, 0.15) is 0 Å². The summed E-state index contributed by atoms with van der Waals surface area (Å²) in [7, 11) is 0. The van der Waals surface area contributed by atoms with Crippen molar-refractivity contribution >= 4 is 17.8 Å². The van der Waals surface area contributed by atoms with Crippen molar-refractivity contribution in [1.82, 2.24) is 10.2 Å². The summed E-state index contributed by atoms with van der Waals surface area (Å²) in [5.41, 5.74) is 11.1. The molecule has 2 aliphatic heterocycles. The molecule has 2 heterocycles. The molecule has 1 amide bonds. The Morgan fingerprint density at radius 1 is 1.00 bits per heavy atom. The van der Waals surface area contributed by atoms with Crippen molar-refractivity contribution in [2.45, 2.75) is 19.0 Å². The van der Waals surface area contributed by atoms with Gasteiger partial charge in [-0.2, -0.15) is 0 Å². The van der Waals surface area contributed by atoms with Gasteiger partial charge < -0.3 is 21.3 Å². The highest BCUT2D eigenvalue weighted by atomic mass is 16.2. The van der Waals surface area contributed by atoms with Gasteiger partial charge in [0.2, 0.25) is 0 Å². The molecule has 6 nitrogen and oxygen atoms in total. The molecule has 2 saturated heterocycles. The second-order valence-corrected chi connectivity index (χ2v) is 9.74. The molecule has 1 spiro atoms. The molecule has 36 heavy (non-hydrogen) atoms. The smallest absolute Gasteiger partial charge is 0.256 e. The first-order valence-electron chi connectivity index (χ1n) is 12.5. The Kier molecular flexibility index (Phi) is 7.14. The summed E-state index contributed by atoms with van der Waals surface area (Å²) in [4.78, 5) is 19.8. The van der Waals surface area contributed by atoms with Crippen LogP contribution in [0.4, 0.5) is 5.69 Å². The maximum atomic E-state index is 13.4. The minimum absolute atomic E-state index is 0.0516. The fourth-order valence-electron chi connectivity index (χ4n) is 5.21. The Morgan fingerprint density at radius 3 is 2.28 bits per heavy atom. The molecule has 2 fully saturated rings. The number of nitrogens with one attached hydrogen (secondary N) is 2. The Hall–Kier alpha value is -3.90. The summed E-state index contributed by atoms with van der Waals surface area (Å²) in [6.07, 6.45) is 2.99. The second-order valence-electron chi connectivity index (χ2n) is 9.74. The van der Waals surface area contributed by atoms with E-state index in [1.807, 2.05) is 41.3 Å². The molecule has 3 aromatic rings. The molecular formula is C30H33N5O. The highest BCUT2D eigenvalue weighted by Crippen LogP contribution is 2.46. The minimum Gasteiger partial charge on any atom is -0.404 e. The molecule has 3 aromatic carbocycles. The van der Waals surface area contributed by atoms with Crippen molar-refractivity contribution in [3.63, 3.8) is 0 Å². The summed E-state index contributed by atoms with van der Waals surface area (Å²) in [5.74, 6) is 0.232. The average Bonchev–Trinajstić information content (AvgIpc) is 3.33. The van der Waals surface area contributed by atoms with Crippen LogP contribution >= 0.6 is 0 Å². The number of benzene rings is 3. The molecule has 4 N–H and O–H groups in total. The van der Waals surface area contributed by atoms with Crippen LogP contribution in [-0.4, -0.2) is 43.2 Å². The third kappa shape index (κ3) is 5.19. The fraction of sp³-hybridized carbons (Fsp3) is 0.267. The van der Waals surface area contributed by atoms with Crippen LogP contribution in [0.3, 0.4) is 0 Å². The SMILES string of the molecule is N/C=C(\C=NCc1ccccc1)C(=O)N1CC(c2ccc(NCc3ccccc3)cc2)C2(CNC2)C1. The molecule has 5 rings (SSSR count). The first kappa shape index (κ1) is 23.8. The fourth-order valence-corrected chi connectivity index (χ4v) is 5.21. The largest absolute Gasteiger partial charge is 0.404 e. The summed E-state index contributed by atoms with van der Waals surface area (Å²) in [6, 6.07) is 29.1. The van der Waals surface area contributed by atoms with Crippen molar-refractivity contribution in [3.8, 4) is 0 Å². The van der Waals surface area contributed by atoms with Gasteiger partial charge in [-0.25, -0.2) is 0 Å². The van der Waals surface area contributed by atoms with Crippen molar-refractivity contribution < 1.29 is 4.79 Å². The van der Waals surface area contributed by atoms with E-state index < -0.39 is 0 Å². The lowest BCUT2D eigenvalue weighted by molar-refractivity contribution is -0.126.